The Morgan fingerprint density at radius 2 is 1.86 bits per heavy atom. The Morgan fingerprint density at radius 1 is 1.18 bits per heavy atom. The predicted octanol–water partition coefficient (Wildman–Crippen LogP) is 2.17. The number of likely N-dealkylation sites (N-methyl/N-ethyl adjacent to an activating group) is 1. The molecule has 0 aromatic heterocycles. The molecular formula is C18H32N4. The topological polar surface area (TPSA) is 35.7 Å². The molecule has 1 aromatic rings. The van der Waals surface area contributed by atoms with Gasteiger partial charge in [0.05, 0.1) is 0 Å². The van der Waals surface area contributed by atoms with Gasteiger partial charge in [0.25, 0.3) is 0 Å². The molecule has 1 aliphatic heterocycles. The number of hydrogen-bond donors (Lipinski definition) is 1. The minimum atomic E-state index is 0.337. The number of nitrogens with two attached hydrogens (primary N) is 1. The molecule has 2 N–H and O–H groups in total. The highest BCUT2D eigenvalue weighted by Gasteiger charge is 2.29. The van der Waals surface area contributed by atoms with E-state index in [0.29, 0.717) is 18.6 Å². The lowest BCUT2D eigenvalue weighted by atomic mass is 10.0. The molecule has 2 rings (SSSR count). The minimum absolute atomic E-state index is 0.337. The van der Waals surface area contributed by atoms with E-state index in [4.69, 9.17) is 5.73 Å². The van der Waals surface area contributed by atoms with Crippen molar-refractivity contribution in [3.63, 3.8) is 0 Å². The average Bonchev–Trinajstić information content (AvgIpc) is 2.55. The molecule has 2 unspecified atom stereocenters. The molecule has 0 saturated carbocycles. The smallest absolute Gasteiger partial charge is 0.0471 e. The maximum atomic E-state index is 6.12. The lowest BCUT2D eigenvalue weighted by Crippen LogP contribution is -2.54. The zero-order valence-electron chi connectivity index (χ0n) is 14.6. The zero-order valence-corrected chi connectivity index (χ0v) is 14.6. The van der Waals surface area contributed by atoms with Crippen molar-refractivity contribution in [2.24, 2.45) is 5.73 Å². The van der Waals surface area contributed by atoms with Crippen LogP contribution in [0.1, 0.15) is 31.9 Å². The van der Waals surface area contributed by atoms with E-state index in [0.717, 1.165) is 26.2 Å². The van der Waals surface area contributed by atoms with E-state index >= 15 is 0 Å². The molecule has 1 aliphatic rings. The second kappa shape index (κ2) is 7.95. The Balaban J connectivity index is 2.11. The van der Waals surface area contributed by atoms with Gasteiger partial charge >= 0.3 is 0 Å². The summed E-state index contributed by atoms with van der Waals surface area (Å²) < 4.78 is 0. The van der Waals surface area contributed by atoms with Gasteiger partial charge in [-0.3, -0.25) is 9.80 Å². The van der Waals surface area contributed by atoms with Crippen LogP contribution in [0, 0.1) is 0 Å². The summed E-state index contributed by atoms with van der Waals surface area (Å²) in [5.74, 6) is 0. The first-order valence-electron chi connectivity index (χ1n) is 8.56. The van der Waals surface area contributed by atoms with Crippen molar-refractivity contribution in [1.82, 2.24) is 9.80 Å². The molecule has 1 aromatic carbocycles. The van der Waals surface area contributed by atoms with Crippen LogP contribution < -0.4 is 10.6 Å². The van der Waals surface area contributed by atoms with Crippen LogP contribution in [0.15, 0.2) is 24.3 Å². The van der Waals surface area contributed by atoms with Gasteiger partial charge in [-0.15, -0.1) is 0 Å². The van der Waals surface area contributed by atoms with E-state index in [1.165, 1.54) is 17.7 Å². The number of benzene rings is 1. The average molecular weight is 304 g/mol. The molecule has 0 bridgehead atoms. The summed E-state index contributed by atoms with van der Waals surface area (Å²) in [6.07, 6.45) is 1.21. The first kappa shape index (κ1) is 17.3. The second-order valence-corrected chi connectivity index (χ2v) is 6.42. The van der Waals surface area contributed by atoms with Crippen LogP contribution in [0.4, 0.5) is 5.69 Å². The van der Waals surface area contributed by atoms with Crippen molar-refractivity contribution in [2.45, 2.75) is 32.4 Å². The highest BCUT2D eigenvalue weighted by atomic mass is 15.3. The van der Waals surface area contributed by atoms with Crippen LogP contribution >= 0.6 is 0 Å². The lowest BCUT2D eigenvalue weighted by molar-refractivity contribution is 0.0509. The summed E-state index contributed by atoms with van der Waals surface area (Å²) in [5.41, 5.74) is 8.70. The number of piperazine rings is 1. The Morgan fingerprint density at radius 3 is 2.36 bits per heavy atom. The second-order valence-electron chi connectivity index (χ2n) is 6.42. The molecule has 1 heterocycles. The van der Waals surface area contributed by atoms with Gasteiger partial charge in [0.1, 0.15) is 0 Å². The molecule has 0 amide bonds. The fourth-order valence-electron chi connectivity index (χ4n) is 3.49. The van der Waals surface area contributed by atoms with Crippen molar-refractivity contribution < 1.29 is 0 Å². The van der Waals surface area contributed by atoms with Crippen molar-refractivity contribution in [3.8, 4) is 0 Å². The van der Waals surface area contributed by atoms with Crippen LogP contribution in [0.2, 0.25) is 0 Å². The Bertz CT molecular complexity index is 443. The van der Waals surface area contributed by atoms with E-state index in [-0.39, 0.29) is 0 Å². The van der Waals surface area contributed by atoms with Gasteiger partial charge in [-0.25, -0.2) is 0 Å². The van der Waals surface area contributed by atoms with Crippen LogP contribution in [0.5, 0.6) is 0 Å². The summed E-state index contributed by atoms with van der Waals surface area (Å²) in [6, 6.07) is 9.85. The summed E-state index contributed by atoms with van der Waals surface area (Å²) in [7, 11) is 4.15. The quantitative estimate of drug-likeness (QED) is 0.874. The van der Waals surface area contributed by atoms with E-state index in [1.807, 2.05) is 0 Å². The molecule has 22 heavy (non-hydrogen) atoms. The summed E-state index contributed by atoms with van der Waals surface area (Å²) in [6.45, 7) is 9.78. The van der Waals surface area contributed by atoms with Gasteiger partial charge in [0.15, 0.2) is 0 Å². The molecular weight excluding hydrogens is 272 g/mol. The van der Waals surface area contributed by atoms with E-state index in [1.54, 1.807) is 0 Å². The monoisotopic (exact) mass is 304 g/mol. The van der Waals surface area contributed by atoms with Crippen molar-refractivity contribution in [1.29, 1.82) is 0 Å². The minimum Gasteiger partial charge on any atom is -0.378 e. The van der Waals surface area contributed by atoms with Gasteiger partial charge in [-0.05, 0) is 30.7 Å². The van der Waals surface area contributed by atoms with Gasteiger partial charge in [-0.2, -0.15) is 0 Å². The molecule has 1 fully saturated rings. The molecule has 4 nitrogen and oxygen atoms in total. The summed E-state index contributed by atoms with van der Waals surface area (Å²) in [4.78, 5) is 7.30. The number of rotatable bonds is 6. The van der Waals surface area contributed by atoms with Crippen LogP contribution in [0.3, 0.4) is 0 Å². The standard InChI is InChI=1S/C18H32N4/c1-5-16-14-22(12-11-21(16)6-2)18(13-19)15-7-9-17(10-8-15)20(3)4/h7-10,16,18H,5-6,11-14,19H2,1-4H3. The molecule has 0 aliphatic carbocycles. The van der Waals surface area contributed by atoms with Crippen molar-refractivity contribution >= 4 is 5.69 Å². The number of anilines is 1. The fourth-order valence-corrected chi connectivity index (χ4v) is 3.49. The fraction of sp³-hybridized carbons (Fsp3) is 0.667. The predicted molar refractivity (Wildman–Crippen MR) is 95.5 cm³/mol. The molecule has 124 valence electrons. The molecule has 2 atom stereocenters. The van der Waals surface area contributed by atoms with Gasteiger partial charge in [-0.1, -0.05) is 26.0 Å². The van der Waals surface area contributed by atoms with E-state index in [2.05, 4.69) is 66.9 Å². The van der Waals surface area contributed by atoms with Crippen LogP contribution in [0.25, 0.3) is 0 Å². The number of hydrogen-bond acceptors (Lipinski definition) is 4. The Labute approximate surface area is 135 Å². The third-order valence-corrected chi connectivity index (χ3v) is 4.97. The Kier molecular flexibility index (Phi) is 6.24. The number of nitrogens with zero attached hydrogens (tertiary/aromatic N) is 3. The first-order chi connectivity index (χ1) is 10.6. The van der Waals surface area contributed by atoms with E-state index in [9.17, 15) is 0 Å². The van der Waals surface area contributed by atoms with Crippen LogP contribution in [-0.4, -0.2) is 62.7 Å². The maximum Gasteiger partial charge on any atom is 0.0471 e. The largest absolute Gasteiger partial charge is 0.378 e. The lowest BCUT2D eigenvalue weighted by Gasteiger charge is -2.44. The summed E-state index contributed by atoms with van der Waals surface area (Å²) in [5, 5.41) is 0. The molecule has 4 heteroatoms. The van der Waals surface area contributed by atoms with Crippen molar-refractivity contribution in [3.05, 3.63) is 29.8 Å². The van der Waals surface area contributed by atoms with Gasteiger partial charge in [0, 0.05) is 58.0 Å². The molecule has 0 spiro atoms. The molecule has 0 radical (unpaired) electrons. The first-order valence-corrected chi connectivity index (χ1v) is 8.56. The third-order valence-electron chi connectivity index (χ3n) is 4.97. The Hall–Kier alpha value is -1.10. The van der Waals surface area contributed by atoms with Crippen molar-refractivity contribution in [2.75, 3.05) is 51.7 Å². The zero-order chi connectivity index (χ0) is 16.1. The summed E-state index contributed by atoms with van der Waals surface area (Å²) >= 11 is 0. The SMILES string of the molecule is CCC1CN(C(CN)c2ccc(N(C)C)cc2)CCN1CC. The van der Waals surface area contributed by atoms with Gasteiger partial charge < -0.3 is 10.6 Å². The van der Waals surface area contributed by atoms with Gasteiger partial charge in [0.2, 0.25) is 0 Å². The highest BCUT2D eigenvalue weighted by Crippen LogP contribution is 2.25. The van der Waals surface area contributed by atoms with Crippen LogP contribution in [-0.2, 0) is 0 Å². The van der Waals surface area contributed by atoms with E-state index < -0.39 is 0 Å². The normalized spacial score (nSPS) is 21.8. The highest BCUT2D eigenvalue weighted by molar-refractivity contribution is 5.46. The maximum absolute atomic E-state index is 6.12. The molecule has 1 saturated heterocycles. The third kappa shape index (κ3) is 3.80.